The average Bonchev–Trinajstić information content (AvgIpc) is 1.91. The molecule has 0 aliphatic rings. The Morgan fingerprint density at radius 3 is 2.40 bits per heavy atom. The van der Waals surface area contributed by atoms with E-state index in [-0.39, 0.29) is 5.75 Å². The highest BCUT2D eigenvalue weighted by atomic mass is 35.5. The van der Waals surface area contributed by atoms with Crippen molar-refractivity contribution in [1.29, 1.82) is 0 Å². The van der Waals surface area contributed by atoms with Crippen molar-refractivity contribution in [2.75, 3.05) is 0 Å². The van der Waals surface area contributed by atoms with Crippen LogP contribution in [0.5, 0.6) is 0 Å². The molecule has 1 heterocycles. The fourth-order valence-corrected chi connectivity index (χ4v) is 0.448. The molecule has 54 valence electrons. The fraction of sp³-hybridized carbons (Fsp3) is 0.143. The SMILES string of the molecule is Cc1ccccn1.O=CCl. The van der Waals surface area contributed by atoms with Crippen LogP contribution in [0.1, 0.15) is 5.69 Å². The molecule has 0 spiro atoms. The van der Waals surface area contributed by atoms with E-state index in [9.17, 15) is 0 Å². The van der Waals surface area contributed by atoms with Gasteiger partial charge in [0.1, 0.15) is 0 Å². The zero-order chi connectivity index (χ0) is 7.82. The number of pyridine rings is 1. The van der Waals surface area contributed by atoms with Crippen LogP contribution in [-0.4, -0.2) is 10.7 Å². The van der Waals surface area contributed by atoms with Gasteiger partial charge in [0.25, 0.3) is 0 Å². The lowest BCUT2D eigenvalue weighted by Gasteiger charge is -1.82. The summed E-state index contributed by atoms with van der Waals surface area (Å²) in [6.45, 7) is 1.97. The maximum atomic E-state index is 8.57. The molecule has 0 amide bonds. The van der Waals surface area contributed by atoms with E-state index in [0.29, 0.717) is 0 Å². The number of aromatic nitrogens is 1. The average molecular weight is 158 g/mol. The van der Waals surface area contributed by atoms with Gasteiger partial charge in [-0.3, -0.25) is 9.78 Å². The van der Waals surface area contributed by atoms with Gasteiger partial charge in [0.15, 0.2) is 0 Å². The van der Waals surface area contributed by atoms with Gasteiger partial charge in [-0.05, 0) is 30.7 Å². The molecule has 0 N–H and O–H groups in total. The van der Waals surface area contributed by atoms with Gasteiger partial charge in [-0.15, -0.1) is 0 Å². The lowest BCUT2D eigenvalue weighted by molar-refractivity contribution is 0.569. The van der Waals surface area contributed by atoms with Gasteiger partial charge in [-0.25, -0.2) is 0 Å². The highest BCUT2D eigenvalue weighted by Gasteiger charge is 1.73. The quantitative estimate of drug-likeness (QED) is 0.425. The van der Waals surface area contributed by atoms with Crippen LogP contribution in [0.25, 0.3) is 0 Å². The Morgan fingerprint density at radius 1 is 1.60 bits per heavy atom. The number of rotatable bonds is 0. The summed E-state index contributed by atoms with van der Waals surface area (Å²) in [5.41, 5.74) is 1.07. The topological polar surface area (TPSA) is 30.0 Å². The van der Waals surface area contributed by atoms with Gasteiger partial charge in [0, 0.05) is 11.9 Å². The predicted molar refractivity (Wildman–Crippen MR) is 41.6 cm³/mol. The van der Waals surface area contributed by atoms with E-state index < -0.39 is 0 Å². The van der Waals surface area contributed by atoms with Gasteiger partial charge >= 0.3 is 0 Å². The first-order valence-corrected chi connectivity index (χ1v) is 3.16. The smallest absolute Gasteiger partial charge is 0.208 e. The second-order valence-corrected chi connectivity index (χ2v) is 1.74. The molecule has 1 aromatic rings. The molecular formula is C7H8ClNO. The Hall–Kier alpha value is -0.890. The maximum Gasteiger partial charge on any atom is 0.208 e. The second-order valence-electron chi connectivity index (χ2n) is 1.56. The molecule has 2 nitrogen and oxygen atoms in total. The summed E-state index contributed by atoms with van der Waals surface area (Å²) >= 11 is 4.32. The number of aryl methyl sites for hydroxylation is 1. The molecule has 1 aromatic heterocycles. The minimum atomic E-state index is 0.222. The third kappa shape index (κ3) is 5.25. The van der Waals surface area contributed by atoms with Crippen LogP contribution >= 0.6 is 11.6 Å². The minimum Gasteiger partial charge on any atom is -0.285 e. The molecule has 1 rings (SSSR count). The number of carbonyl (C=O) groups excluding carboxylic acids is 1. The number of carbonyl (C=O) groups is 1. The zero-order valence-electron chi connectivity index (χ0n) is 5.62. The Bertz CT molecular complexity index is 176. The highest BCUT2D eigenvalue weighted by molar-refractivity contribution is 6.54. The minimum absolute atomic E-state index is 0.222. The van der Waals surface area contributed by atoms with Crippen LogP contribution in [0.4, 0.5) is 0 Å². The molecule has 0 radical (unpaired) electrons. The van der Waals surface area contributed by atoms with Crippen LogP contribution in [0, 0.1) is 6.92 Å². The summed E-state index contributed by atoms with van der Waals surface area (Å²) in [5, 5.41) is 0. The van der Waals surface area contributed by atoms with Crippen molar-refractivity contribution < 1.29 is 4.79 Å². The normalized spacial score (nSPS) is 7.40. The molecule has 0 bridgehead atoms. The van der Waals surface area contributed by atoms with Crippen LogP contribution in [0.15, 0.2) is 24.4 Å². The molecular weight excluding hydrogens is 150 g/mol. The zero-order valence-corrected chi connectivity index (χ0v) is 6.38. The van der Waals surface area contributed by atoms with Crippen LogP contribution < -0.4 is 0 Å². The molecule has 10 heavy (non-hydrogen) atoms. The van der Waals surface area contributed by atoms with Gasteiger partial charge < -0.3 is 0 Å². The Labute approximate surface area is 64.9 Å². The summed E-state index contributed by atoms with van der Waals surface area (Å²) in [6, 6.07) is 5.86. The van der Waals surface area contributed by atoms with E-state index in [4.69, 9.17) is 4.79 Å². The Kier molecular flexibility index (Phi) is 5.68. The molecule has 0 saturated carbocycles. The second kappa shape index (κ2) is 6.23. The van der Waals surface area contributed by atoms with Crippen molar-refractivity contribution in [3.05, 3.63) is 30.1 Å². The van der Waals surface area contributed by atoms with Crippen LogP contribution in [-0.2, 0) is 4.79 Å². The molecule has 0 fully saturated rings. The maximum absolute atomic E-state index is 8.57. The number of hydrogen-bond acceptors (Lipinski definition) is 2. The molecule has 0 aliphatic heterocycles. The fourth-order valence-electron chi connectivity index (χ4n) is 0.448. The van der Waals surface area contributed by atoms with E-state index in [1.165, 1.54) is 0 Å². The lowest BCUT2D eigenvalue weighted by Crippen LogP contribution is -1.72. The number of nitrogens with zero attached hydrogens (tertiary/aromatic N) is 1. The van der Waals surface area contributed by atoms with Crippen LogP contribution in [0.3, 0.4) is 0 Å². The number of halogens is 1. The Balaban J connectivity index is 0.000000236. The first-order chi connectivity index (χ1) is 4.81. The summed E-state index contributed by atoms with van der Waals surface area (Å²) in [6.07, 6.45) is 1.79. The monoisotopic (exact) mass is 157 g/mol. The van der Waals surface area contributed by atoms with Crippen molar-refractivity contribution in [2.24, 2.45) is 0 Å². The summed E-state index contributed by atoms with van der Waals surface area (Å²) < 4.78 is 0. The third-order valence-corrected chi connectivity index (χ3v) is 0.813. The van der Waals surface area contributed by atoms with Gasteiger partial charge in [0.2, 0.25) is 5.75 Å². The molecule has 0 atom stereocenters. The van der Waals surface area contributed by atoms with E-state index in [0.717, 1.165) is 5.69 Å². The molecule has 0 unspecified atom stereocenters. The molecule has 0 aromatic carbocycles. The van der Waals surface area contributed by atoms with Crippen molar-refractivity contribution in [2.45, 2.75) is 6.92 Å². The van der Waals surface area contributed by atoms with Crippen molar-refractivity contribution in [1.82, 2.24) is 4.98 Å². The van der Waals surface area contributed by atoms with Crippen molar-refractivity contribution in [3.8, 4) is 0 Å². The van der Waals surface area contributed by atoms with E-state index in [1.807, 2.05) is 25.1 Å². The van der Waals surface area contributed by atoms with E-state index in [1.54, 1.807) is 6.20 Å². The predicted octanol–water partition coefficient (Wildman–Crippen LogP) is 1.81. The number of hydrogen-bond donors (Lipinski definition) is 0. The van der Waals surface area contributed by atoms with Gasteiger partial charge in [-0.1, -0.05) is 6.07 Å². The molecule has 3 heteroatoms. The Morgan fingerprint density at radius 2 is 2.20 bits per heavy atom. The van der Waals surface area contributed by atoms with Gasteiger partial charge in [-0.2, -0.15) is 0 Å². The van der Waals surface area contributed by atoms with Crippen LogP contribution in [0.2, 0.25) is 0 Å². The third-order valence-electron chi connectivity index (χ3n) is 0.813. The van der Waals surface area contributed by atoms with E-state index >= 15 is 0 Å². The van der Waals surface area contributed by atoms with Crippen molar-refractivity contribution >= 4 is 17.3 Å². The highest BCUT2D eigenvalue weighted by Crippen LogP contribution is 1.85. The largest absolute Gasteiger partial charge is 0.285 e. The first-order valence-electron chi connectivity index (χ1n) is 2.72. The molecule has 0 aliphatic carbocycles. The first kappa shape index (κ1) is 9.11. The van der Waals surface area contributed by atoms with Gasteiger partial charge in [0.05, 0.1) is 0 Å². The lowest BCUT2D eigenvalue weighted by atomic mass is 10.4. The summed E-state index contributed by atoms with van der Waals surface area (Å²) in [5.74, 6) is 0.222. The summed E-state index contributed by atoms with van der Waals surface area (Å²) in [4.78, 5) is 12.6. The molecule has 0 saturated heterocycles. The van der Waals surface area contributed by atoms with Crippen molar-refractivity contribution in [3.63, 3.8) is 0 Å². The van der Waals surface area contributed by atoms with E-state index in [2.05, 4.69) is 16.6 Å². The summed E-state index contributed by atoms with van der Waals surface area (Å²) in [7, 11) is 0. The standard InChI is InChI=1S/C6H7N.CHClO/c1-6-4-2-3-5-7-6;2-1-3/h2-5H,1H3;1H.